The van der Waals surface area contributed by atoms with Gasteiger partial charge in [0.25, 0.3) is 6.43 Å². The van der Waals surface area contributed by atoms with E-state index in [0.717, 1.165) is 0 Å². The first kappa shape index (κ1) is 10.8. The Morgan fingerprint density at radius 2 is 2.23 bits per heavy atom. The molecule has 1 aromatic rings. The first-order valence-corrected chi connectivity index (χ1v) is 4.69. The lowest BCUT2D eigenvalue weighted by Crippen LogP contribution is -2.01. The summed E-state index contributed by atoms with van der Waals surface area (Å²) < 4.78 is 25.3. The molecule has 13 heavy (non-hydrogen) atoms. The smallest absolute Gasteiger partial charge is 0.266 e. The van der Waals surface area contributed by atoms with Gasteiger partial charge in [-0.15, -0.1) is 0 Å². The van der Waals surface area contributed by atoms with Crippen LogP contribution in [-0.2, 0) is 6.61 Å². The van der Waals surface area contributed by atoms with Gasteiger partial charge in [-0.3, -0.25) is 4.98 Å². The van der Waals surface area contributed by atoms with Gasteiger partial charge in [0.1, 0.15) is 0 Å². The second kappa shape index (κ2) is 4.28. The van der Waals surface area contributed by atoms with Gasteiger partial charge in [-0.25, -0.2) is 8.78 Å². The molecule has 0 spiro atoms. The van der Waals surface area contributed by atoms with Gasteiger partial charge >= 0.3 is 0 Å². The molecule has 0 radical (unpaired) electrons. The second-order valence-electron chi connectivity index (χ2n) is 2.55. The molecule has 0 saturated heterocycles. The highest BCUT2D eigenvalue weighted by atomic mass is 127. The normalized spacial score (nSPS) is 10.9. The van der Waals surface area contributed by atoms with Gasteiger partial charge in [-0.1, -0.05) is 0 Å². The zero-order chi connectivity index (χ0) is 10.0. The SMILES string of the molecule is Cc1nc(CO)cc(I)c1C(F)F. The second-order valence-corrected chi connectivity index (χ2v) is 3.72. The molecule has 1 rings (SSSR count). The summed E-state index contributed by atoms with van der Waals surface area (Å²) in [6.07, 6.45) is -2.51. The Hall–Kier alpha value is -0.300. The molecule has 0 atom stereocenters. The summed E-state index contributed by atoms with van der Waals surface area (Å²) in [6, 6.07) is 1.47. The van der Waals surface area contributed by atoms with Crippen molar-refractivity contribution in [1.82, 2.24) is 4.98 Å². The predicted octanol–water partition coefficient (Wildman–Crippen LogP) is 2.42. The summed E-state index contributed by atoms with van der Waals surface area (Å²) in [6.45, 7) is 1.29. The number of rotatable bonds is 2. The summed E-state index contributed by atoms with van der Waals surface area (Å²) in [4.78, 5) is 3.84. The van der Waals surface area contributed by atoms with Crippen molar-refractivity contribution in [2.75, 3.05) is 0 Å². The third-order valence-electron chi connectivity index (χ3n) is 1.63. The number of aryl methyl sites for hydroxylation is 1. The predicted molar refractivity (Wildman–Crippen MR) is 52.6 cm³/mol. The Balaban J connectivity index is 3.23. The highest BCUT2D eigenvalue weighted by molar-refractivity contribution is 14.1. The number of nitrogens with zero attached hydrogens (tertiary/aromatic N) is 1. The Kier molecular flexibility index (Phi) is 3.55. The summed E-state index contributed by atoms with van der Waals surface area (Å²) in [5.74, 6) is 0. The van der Waals surface area contributed by atoms with Crippen LogP contribution in [0.2, 0.25) is 0 Å². The van der Waals surface area contributed by atoms with Crippen LogP contribution in [-0.4, -0.2) is 10.1 Å². The van der Waals surface area contributed by atoms with Gasteiger partial charge in [0.05, 0.1) is 17.9 Å². The number of hydrogen-bond donors (Lipinski definition) is 1. The third-order valence-corrected chi connectivity index (χ3v) is 2.52. The highest BCUT2D eigenvalue weighted by Crippen LogP contribution is 2.27. The summed E-state index contributed by atoms with van der Waals surface area (Å²) in [5.41, 5.74) is 0.662. The van der Waals surface area contributed by atoms with Crippen molar-refractivity contribution in [2.24, 2.45) is 0 Å². The van der Waals surface area contributed by atoms with E-state index in [0.29, 0.717) is 9.26 Å². The van der Waals surface area contributed by atoms with Crippen molar-refractivity contribution in [3.05, 3.63) is 26.6 Å². The molecule has 0 aliphatic rings. The fraction of sp³-hybridized carbons (Fsp3) is 0.375. The average Bonchev–Trinajstić information content (AvgIpc) is 2.02. The van der Waals surface area contributed by atoms with Crippen molar-refractivity contribution >= 4 is 22.6 Å². The van der Waals surface area contributed by atoms with E-state index in [2.05, 4.69) is 4.98 Å². The quantitative estimate of drug-likeness (QED) is 0.851. The average molecular weight is 299 g/mol. The van der Waals surface area contributed by atoms with E-state index in [1.54, 1.807) is 0 Å². The Morgan fingerprint density at radius 1 is 1.62 bits per heavy atom. The number of aromatic nitrogens is 1. The molecule has 2 nitrogen and oxygen atoms in total. The van der Waals surface area contributed by atoms with Crippen LogP contribution in [0.25, 0.3) is 0 Å². The van der Waals surface area contributed by atoms with E-state index >= 15 is 0 Å². The lowest BCUT2D eigenvalue weighted by atomic mass is 10.2. The maximum absolute atomic E-state index is 12.4. The lowest BCUT2D eigenvalue weighted by molar-refractivity contribution is 0.149. The number of halogens is 3. The molecule has 0 bridgehead atoms. The highest BCUT2D eigenvalue weighted by Gasteiger charge is 2.16. The largest absolute Gasteiger partial charge is 0.390 e. The maximum atomic E-state index is 12.4. The van der Waals surface area contributed by atoms with Crippen molar-refractivity contribution in [3.63, 3.8) is 0 Å². The lowest BCUT2D eigenvalue weighted by Gasteiger charge is -2.08. The van der Waals surface area contributed by atoms with Crippen LogP contribution in [0.4, 0.5) is 8.78 Å². The number of alkyl halides is 2. The van der Waals surface area contributed by atoms with E-state index < -0.39 is 6.43 Å². The molecule has 1 heterocycles. The minimum absolute atomic E-state index is 0.0437. The third kappa shape index (κ3) is 2.34. The number of aliphatic hydroxyl groups excluding tert-OH is 1. The Labute approximate surface area is 88.1 Å². The molecule has 1 N–H and O–H groups in total. The monoisotopic (exact) mass is 299 g/mol. The fourth-order valence-corrected chi connectivity index (χ4v) is 2.03. The minimum Gasteiger partial charge on any atom is -0.390 e. The zero-order valence-corrected chi connectivity index (χ0v) is 9.05. The molecule has 1 aromatic heterocycles. The molecule has 0 amide bonds. The van der Waals surface area contributed by atoms with Gasteiger partial charge in [-0.2, -0.15) is 0 Å². The van der Waals surface area contributed by atoms with Gasteiger partial charge in [-0.05, 0) is 35.6 Å². The van der Waals surface area contributed by atoms with E-state index in [1.807, 2.05) is 22.6 Å². The maximum Gasteiger partial charge on any atom is 0.266 e. The van der Waals surface area contributed by atoms with Gasteiger partial charge in [0, 0.05) is 9.26 Å². The molecule has 0 unspecified atom stereocenters. The van der Waals surface area contributed by atoms with Gasteiger partial charge < -0.3 is 5.11 Å². The van der Waals surface area contributed by atoms with Crippen LogP contribution in [0.3, 0.4) is 0 Å². The molecule has 5 heteroatoms. The Bertz CT molecular complexity index is 294. The van der Waals surface area contributed by atoms with E-state index in [1.165, 1.54) is 13.0 Å². The summed E-state index contributed by atoms with van der Waals surface area (Å²) >= 11 is 1.82. The topological polar surface area (TPSA) is 33.1 Å². The molecular formula is C8H8F2INO. The molecule has 72 valence electrons. The van der Waals surface area contributed by atoms with Crippen molar-refractivity contribution in [2.45, 2.75) is 20.0 Å². The van der Waals surface area contributed by atoms with Crippen molar-refractivity contribution in [3.8, 4) is 0 Å². The van der Waals surface area contributed by atoms with Gasteiger partial charge in [0.15, 0.2) is 0 Å². The van der Waals surface area contributed by atoms with Crippen molar-refractivity contribution in [1.29, 1.82) is 0 Å². The zero-order valence-electron chi connectivity index (χ0n) is 6.89. The van der Waals surface area contributed by atoms with E-state index in [-0.39, 0.29) is 17.9 Å². The fourth-order valence-electron chi connectivity index (χ4n) is 1.05. The summed E-state index contributed by atoms with van der Waals surface area (Å²) in [7, 11) is 0. The van der Waals surface area contributed by atoms with E-state index in [4.69, 9.17) is 5.11 Å². The van der Waals surface area contributed by atoms with Gasteiger partial charge in [0.2, 0.25) is 0 Å². The van der Waals surface area contributed by atoms with Crippen LogP contribution >= 0.6 is 22.6 Å². The van der Waals surface area contributed by atoms with Crippen LogP contribution in [0.15, 0.2) is 6.07 Å². The first-order valence-electron chi connectivity index (χ1n) is 3.61. The van der Waals surface area contributed by atoms with Crippen LogP contribution in [0.5, 0.6) is 0 Å². The minimum atomic E-state index is -2.51. The molecule has 0 aliphatic heterocycles. The standard InChI is InChI=1S/C8H8F2INO/c1-4-7(8(9)10)6(11)2-5(3-13)12-4/h2,8,13H,3H2,1H3. The van der Waals surface area contributed by atoms with Crippen LogP contribution in [0, 0.1) is 10.5 Å². The molecule has 0 fully saturated rings. The molecule has 0 aromatic carbocycles. The van der Waals surface area contributed by atoms with Crippen molar-refractivity contribution < 1.29 is 13.9 Å². The summed E-state index contributed by atoms with van der Waals surface area (Å²) in [5, 5.41) is 8.76. The molecule has 0 aliphatic carbocycles. The van der Waals surface area contributed by atoms with Crippen LogP contribution in [0.1, 0.15) is 23.4 Å². The molecular weight excluding hydrogens is 291 g/mol. The number of pyridine rings is 1. The van der Waals surface area contributed by atoms with Crippen LogP contribution < -0.4 is 0 Å². The molecule has 0 saturated carbocycles. The number of hydrogen-bond acceptors (Lipinski definition) is 2. The Morgan fingerprint density at radius 3 is 2.62 bits per heavy atom. The first-order chi connectivity index (χ1) is 6.06. The number of aliphatic hydroxyl groups is 1. The van der Waals surface area contributed by atoms with E-state index in [9.17, 15) is 8.78 Å².